The van der Waals surface area contributed by atoms with Crippen molar-refractivity contribution < 1.29 is 19.1 Å². The van der Waals surface area contributed by atoms with E-state index in [9.17, 15) is 14.4 Å². The van der Waals surface area contributed by atoms with Gasteiger partial charge in [-0.05, 0) is 36.1 Å². The first kappa shape index (κ1) is 24.3. The van der Waals surface area contributed by atoms with Crippen molar-refractivity contribution in [1.29, 1.82) is 0 Å². The van der Waals surface area contributed by atoms with Gasteiger partial charge in [-0.15, -0.1) is 0 Å². The lowest BCUT2D eigenvalue weighted by molar-refractivity contribution is -0.145. The first-order valence-electron chi connectivity index (χ1n) is 10.0. The molecule has 0 unspecified atom stereocenters. The highest BCUT2D eigenvalue weighted by molar-refractivity contribution is 7.98. The van der Waals surface area contributed by atoms with Gasteiger partial charge in [0.15, 0.2) is 0 Å². The van der Waals surface area contributed by atoms with Gasteiger partial charge in [0.05, 0.1) is 13.7 Å². The maximum Gasteiger partial charge on any atom is 0.328 e. The van der Waals surface area contributed by atoms with E-state index in [4.69, 9.17) is 4.74 Å². The van der Waals surface area contributed by atoms with Crippen LogP contribution in [0.5, 0.6) is 0 Å². The summed E-state index contributed by atoms with van der Waals surface area (Å²) < 4.78 is 4.86. The first-order valence-corrected chi connectivity index (χ1v) is 11.4. The number of nitrogens with one attached hydrogen (secondary N) is 3. The van der Waals surface area contributed by atoms with Gasteiger partial charge in [0, 0.05) is 12.1 Å². The fourth-order valence-corrected chi connectivity index (χ4v) is 3.42. The number of para-hydroxylation sites is 1. The van der Waals surface area contributed by atoms with Crippen molar-refractivity contribution in [1.82, 2.24) is 10.6 Å². The second-order valence-corrected chi connectivity index (χ2v) is 7.88. The maximum atomic E-state index is 12.9. The zero-order chi connectivity index (χ0) is 22.5. The van der Waals surface area contributed by atoms with Crippen LogP contribution in [0.1, 0.15) is 12.0 Å². The Hall–Kier alpha value is -3.00. The molecule has 2 atom stereocenters. The molecular formula is C23H29N3O4S. The first-order chi connectivity index (χ1) is 15.0. The lowest BCUT2D eigenvalue weighted by Gasteiger charge is -2.22. The van der Waals surface area contributed by atoms with Crippen molar-refractivity contribution in [2.75, 3.05) is 31.0 Å². The number of methoxy groups -OCH3 is 1. The normalized spacial score (nSPS) is 12.3. The molecule has 0 aliphatic carbocycles. The Morgan fingerprint density at radius 3 is 2.19 bits per heavy atom. The van der Waals surface area contributed by atoms with Gasteiger partial charge in [-0.1, -0.05) is 48.5 Å². The van der Waals surface area contributed by atoms with E-state index >= 15 is 0 Å². The highest BCUT2D eigenvalue weighted by atomic mass is 32.2. The van der Waals surface area contributed by atoms with Crippen molar-refractivity contribution in [3.8, 4) is 0 Å². The number of thioether (sulfide) groups is 1. The topological polar surface area (TPSA) is 96.5 Å². The number of anilines is 1. The Morgan fingerprint density at radius 2 is 1.58 bits per heavy atom. The molecule has 0 radical (unpaired) electrons. The lowest BCUT2D eigenvalue weighted by atomic mass is 10.1. The minimum atomic E-state index is -0.837. The number of rotatable bonds is 12. The number of esters is 1. The number of hydrogen-bond donors (Lipinski definition) is 3. The van der Waals surface area contributed by atoms with Crippen LogP contribution in [0.2, 0.25) is 0 Å². The van der Waals surface area contributed by atoms with E-state index in [2.05, 4.69) is 16.0 Å². The average molecular weight is 444 g/mol. The van der Waals surface area contributed by atoms with Gasteiger partial charge >= 0.3 is 5.97 Å². The molecule has 0 heterocycles. The van der Waals surface area contributed by atoms with E-state index in [0.717, 1.165) is 11.3 Å². The van der Waals surface area contributed by atoms with Crippen molar-refractivity contribution in [3.63, 3.8) is 0 Å². The van der Waals surface area contributed by atoms with Crippen LogP contribution >= 0.6 is 11.8 Å². The molecule has 0 aliphatic heterocycles. The molecule has 0 aliphatic rings. The Morgan fingerprint density at radius 1 is 0.935 bits per heavy atom. The smallest absolute Gasteiger partial charge is 0.328 e. The van der Waals surface area contributed by atoms with E-state index in [0.29, 0.717) is 18.6 Å². The largest absolute Gasteiger partial charge is 0.467 e. The molecule has 0 aromatic heterocycles. The van der Waals surface area contributed by atoms with Gasteiger partial charge in [-0.3, -0.25) is 9.59 Å². The molecule has 2 aromatic rings. The van der Waals surface area contributed by atoms with Crippen molar-refractivity contribution in [2.45, 2.75) is 24.9 Å². The third kappa shape index (κ3) is 8.72. The molecular weight excluding hydrogens is 414 g/mol. The fraction of sp³-hybridized carbons (Fsp3) is 0.348. The van der Waals surface area contributed by atoms with Crippen LogP contribution in [0, 0.1) is 0 Å². The summed E-state index contributed by atoms with van der Waals surface area (Å²) in [6.45, 7) is 0.0392. The van der Waals surface area contributed by atoms with E-state index in [-0.39, 0.29) is 12.5 Å². The van der Waals surface area contributed by atoms with Crippen LogP contribution in [0.4, 0.5) is 5.69 Å². The standard InChI is InChI=1S/C23H29N3O4S/c1-30-23(29)20(15-17-9-5-3-6-10-17)26-22(28)19(13-14-31-2)25-21(27)16-24-18-11-7-4-8-12-18/h3-12,19-20,24H,13-16H2,1-2H3,(H,25,27)(H,26,28)/t19-,20-/m0/s1. The predicted octanol–water partition coefficient (Wildman–Crippen LogP) is 2.24. The summed E-state index contributed by atoms with van der Waals surface area (Å²) in [5.74, 6) is -0.555. The van der Waals surface area contributed by atoms with Crippen LogP contribution in [-0.4, -0.2) is 55.5 Å². The summed E-state index contributed by atoms with van der Waals surface area (Å²) >= 11 is 1.58. The molecule has 7 nitrogen and oxygen atoms in total. The van der Waals surface area contributed by atoms with Gasteiger partial charge < -0.3 is 20.7 Å². The molecule has 0 bridgehead atoms. The van der Waals surface area contributed by atoms with Crippen LogP contribution in [-0.2, 0) is 25.5 Å². The number of ether oxygens (including phenoxy) is 1. The van der Waals surface area contributed by atoms with Gasteiger partial charge in [0.25, 0.3) is 0 Å². The Labute approximate surface area is 187 Å². The van der Waals surface area contributed by atoms with Crippen molar-refractivity contribution >= 4 is 35.2 Å². The molecule has 2 amide bonds. The summed E-state index contributed by atoms with van der Waals surface area (Å²) in [6.07, 6.45) is 2.68. The molecule has 0 fully saturated rings. The van der Waals surface area contributed by atoms with E-state index in [1.165, 1.54) is 7.11 Å². The second kappa shape index (κ2) is 13.3. The average Bonchev–Trinajstić information content (AvgIpc) is 2.80. The van der Waals surface area contributed by atoms with Gasteiger partial charge in [0.2, 0.25) is 11.8 Å². The van der Waals surface area contributed by atoms with Gasteiger partial charge in [-0.2, -0.15) is 11.8 Å². The highest BCUT2D eigenvalue weighted by Gasteiger charge is 2.27. The number of benzene rings is 2. The van der Waals surface area contributed by atoms with Crippen LogP contribution in [0.3, 0.4) is 0 Å². The van der Waals surface area contributed by atoms with Crippen LogP contribution in [0.15, 0.2) is 60.7 Å². The molecule has 0 saturated heterocycles. The predicted molar refractivity (Wildman–Crippen MR) is 124 cm³/mol. The molecule has 31 heavy (non-hydrogen) atoms. The number of hydrogen-bond acceptors (Lipinski definition) is 6. The summed E-state index contributed by atoms with van der Waals surface area (Å²) in [7, 11) is 1.29. The minimum Gasteiger partial charge on any atom is -0.467 e. The highest BCUT2D eigenvalue weighted by Crippen LogP contribution is 2.08. The molecule has 2 rings (SSSR count). The number of carbonyl (C=O) groups is 3. The zero-order valence-electron chi connectivity index (χ0n) is 17.8. The van der Waals surface area contributed by atoms with E-state index in [1.807, 2.05) is 66.9 Å². The zero-order valence-corrected chi connectivity index (χ0v) is 18.6. The number of carbonyl (C=O) groups excluding carboxylic acids is 3. The Kier molecular flexibility index (Phi) is 10.4. The van der Waals surface area contributed by atoms with E-state index < -0.39 is 24.0 Å². The quantitative estimate of drug-likeness (QED) is 0.436. The molecule has 0 saturated carbocycles. The minimum absolute atomic E-state index is 0.0392. The monoisotopic (exact) mass is 443 g/mol. The summed E-state index contributed by atoms with van der Waals surface area (Å²) in [4.78, 5) is 37.6. The summed E-state index contributed by atoms with van der Waals surface area (Å²) in [6, 6.07) is 17.1. The van der Waals surface area contributed by atoms with Crippen LogP contribution in [0.25, 0.3) is 0 Å². The third-order valence-electron chi connectivity index (χ3n) is 4.57. The van der Waals surface area contributed by atoms with Gasteiger partial charge in [-0.25, -0.2) is 4.79 Å². The molecule has 3 N–H and O–H groups in total. The fourth-order valence-electron chi connectivity index (χ4n) is 2.95. The lowest BCUT2D eigenvalue weighted by Crippen LogP contribution is -2.53. The Bertz CT molecular complexity index is 833. The molecule has 2 aromatic carbocycles. The molecule has 166 valence electrons. The third-order valence-corrected chi connectivity index (χ3v) is 5.22. The van der Waals surface area contributed by atoms with E-state index in [1.54, 1.807) is 11.8 Å². The van der Waals surface area contributed by atoms with Crippen molar-refractivity contribution in [2.24, 2.45) is 0 Å². The van der Waals surface area contributed by atoms with Crippen LogP contribution < -0.4 is 16.0 Å². The maximum absolute atomic E-state index is 12.9. The Balaban J connectivity index is 1.99. The summed E-state index contributed by atoms with van der Waals surface area (Å²) in [5, 5.41) is 8.54. The van der Waals surface area contributed by atoms with Crippen molar-refractivity contribution in [3.05, 3.63) is 66.2 Å². The summed E-state index contributed by atoms with van der Waals surface area (Å²) in [5.41, 5.74) is 1.71. The SMILES string of the molecule is COC(=O)[C@H](Cc1ccccc1)NC(=O)[C@H](CCSC)NC(=O)CNc1ccccc1. The second-order valence-electron chi connectivity index (χ2n) is 6.90. The number of amides is 2. The molecule has 0 spiro atoms. The van der Waals surface area contributed by atoms with Gasteiger partial charge in [0.1, 0.15) is 12.1 Å². The molecule has 8 heteroatoms.